The zero-order chi connectivity index (χ0) is 12.0. The molecule has 0 fully saturated rings. The summed E-state index contributed by atoms with van der Waals surface area (Å²) in [7, 11) is 0. The maximum absolute atomic E-state index is 6.07. The van der Waals surface area contributed by atoms with Crippen LogP contribution in [0.25, 0.3) is 0 Å². The Labute approximate surface area is 103 Å². The zero-order valence-corrected chi connectivity index (χ0v) is 11.1. The van der Waals surface area contributed by atoms with Crippen LogP contribution >= 0.6 is 11.8 Å². The lowest BCUT2D eigenvalue weighted by atomic mass is 10.3. The number of ether oxygens (including phenoxy) is 1. The summed E-state index contributed by atoms with van der Waals surface area (Å²) in [6, 6.07) is 5.99. The first-order valence-corrected chi connectivity index (χ1v) is 6.81. The average molecular weight is 239 g/mol. The van der Waals surface area contributed by atoms with Crippen LogP contribution in [0.4, 0.5) is 5.69 Å². The first-order valence-electron chi connectivity index (χ1n) is 5.83. The second-order valence-corrected chi connectivity index (χ2v) is 5.17. The van der Waals surface area contributed by atoms with Gasteiger partial charge in [-0.2, -0.15) is 0 Å². The molecule has 1 aromatic carbocycles. The van der Waals surface area contributed by atoms with E-state index in [1.807, 2.05) is 37.7 Å². The quantitative estimate of drug-likeness (QED) is 0.464. The minimum Gasteiger partial charge on any atom is -0.489 e. The number of hydrogen-bond acceptors (Lipinski definition) is 3. The second kappa shape index (κ2) is 6.69. The smallest absolute Gasteiger partial charge is 0.143 e. The molecule has 3 heteroatoms. The molecule has 16 heavy (non-hydrogen) atoms. The predicted octanol–water partition coefficient (Wildman–Crippen LogP) is 3.95. The first kappa shape index (κ1) is 13.2. The van der Waals surface area contributed by atoms with Crippen LogP contribution in [0, 0.1) is 0 Å². The summed E-state index contributed by atoms with van der Waals surface area (Å²) in [6.45, 7) is 6.22. The fourth-order valence-corrected chi connectivity index (χ4v) is 2.42. The monoisotopic (exact) mass is 239 g/mol. The molecule has 2 nitrogen and oxygen atoms in total. The molecule has 0 radical (unpaired) electrons. The van der Waals surface area contributed by atoms with Crippen molar-refractivity contribution in [1.29, 1.82) is 0 Å². The summed E-state index contributed by atoms with van der Waals surface area (Å²) in [4.78, 5) is 1.13. The van der Waals surface area contributed by atoms with Crippen molar-refractivity contribution in [2.24, 2.45) is 0 Å². The normalized spacial score (nSPS) is 10.8. The number of hydrogen-bond donors (Lipinski definition) is 1. The minimum absolute atomic E-state index is 0.165. The first-order chi connectivity index (χ1) is 7.65. The van der Waals surface area contributed by atoms with E-state index in [0.717, 1.165) is 22.1 Å². The van der Waals surface area contributed by atoms with Crippen LogP contribution in [0.2, 0.25) is 0 Å². The summed E-state index contributed by atoms with van der Waals surface area (Å²) >= 11 is 1.81. The fraction of sp³-hybridized carbons (Fsp3) is 0.538. The van der Waals surface area contributed by atoms with Crippen molar-refractivity contribution in [2.75, 3.05) is 11.5 Å². The van der Waals surface area contributed by atoms with Crippen molar-refractivity contribution >= 4 is 17.4 Å². The number of nitrogens with two attached hydrogens (primary N) is 1. The van der Waals surface area contributed by atoms with Gasteiger partial charge in [0.05, 0.1) is 11.8 Å². The van der Waals surface area contributed by atoms with Crippen molar-refractivity contribution < 1.29 is 4.74 Å². The van der Waals surface area contributed by atoms with E-state index in [0.29, 0.717) is 0 Å². The lowest BCUT2D eigenvalue weighted by molar-refractivity contribution is 0.243. The second-order valence-electron chi connectivity index (χ2n) is 4.04. The highest BCUT2D eigenvalue weighted by atomic mass is 32.2. The lowest BCUT2D eigenvalue weighted by Crippen LogP contribution is -2.07. The Hall–Kier alpha value is -0.830. The van der Waals surface area contributed by atoms with E-state index in [4.69, 9.17) is 10.5 Å². The van der Waals surface area contributed by atoms with E-state index in [-0.39, 0.29) is 6.10 Å². The third-order valence-corrected chi connectivity index (χ3v) is 3.30. The summed E-state index contributed by atoms with van der Waals surface area (Å²) < 4.78 is 5.65. The molecule has 0 aliphatic carbocycles. The van der Waals surface area contributed by atoms with Crippen LogP contribution in [-0.4, -0.2) is 11.9 Å². The predicted molar refractivity (Wildman–Crippen MR) is 72.3 cm³/mol. The largest absolute Gasteiger partial charge is 0.489 e. The molecular formula is C13H21NOS. The van der Waals surface area contributed by atoms with Gasteiger partial charge < -0.3 is 10.5 Å². The SMILES string of the molecule is CCCCSc1cccc(OC(C)C)c1N. The van der Waals surface area contributed by atoms with Gasteiger partial charge in [0.25, 0.3) is 0 Å². The van der Waals surface area contributed by atoms with Gasteiger partial charge in [-0.15, -0.1) is 11.8 Å². The van der Waals surface area contributed by atoms with Gasteiger partial charge in [-0.05, 0) is 38.2 Å². The van der Waals surface area contributed by atoms with E-state index < -0.39 is 0 Å². The molecule has 0 unspecified atom stereocenters. The van der Waals surface area contributed by atoms with E-state index in [2.05, 4.69) is 13.0 Å². The van der Waals surface area contributed by atoms with Crippen molar-refractivity contribution in [3.05, 3.63) is 18.2 Å². The summed E-state index contributed by atoms with van der Waals surface area (Å²) in [5.41, 5.74) is 6.84. The van der Waals surface area contributed by atoms with Crippen LogP contribution in [0.15, 0.2) is 23.1 Å². The number of unbranched alkanes of at least 4 members (excludes halogenated alkanes) is 1. The van der Waals surface area contributed by atoms with Crippen molar-refractivity contribution in [3.63, 3.8) is 0 Å². The van der Waals surface area contributed by atoms with Gasteiger partial charge in [0.1, 0.15) is 5.75 Å². The molecule has 2 N–H and O–H groups in total. The maximum Gasteiger partial charge on any atom is 0.143 e. The lowest BCUT2D eigenvalue weighted by Gasteiger charge is -2.14. The van der Waals surface area contributed by atoms with E-state index in [9.17, 15) is 0 Å². The molecule has 0 aliphatic rings. The third kappa shape index (κ3) is 3.97. The van der Waals surface area contributed by atoms with Crippen LogP contribution in [0.5, 0.6) is 5.75 Å². The van der Waals surface area contributed by atoms with Crippen LogP contribution in [0.1, 0.15) is 33.6 Å². The summed E-state index contributed by atoms with van der Waals surface area (Å²) in [5, 5.41) is 0. The Morgan fingerprint density at radius 3 is 2.75 bits per heavy atom. The number of thioether (sulfide) groups is 1. The van der Waals surface area contributed by atoms with Crippen LogP contribution < -0.4 is 10.5 Å². The molecule has 0 aromatic heterocycles. The van der Waals surface area contributed by atoms with Gasteiger partial charge in [0, 0.05) is 4.90 Å². The van der Waals surface area contributed by atoms with E-state index in [1.54, 1.807) is 0 Å². The van der Waals surface area contributed by atoms with Gasteiger partial charge in [0.2, 0.25) is 0 Å². The van der Waals surface area contributed by atoms with Crippen molar-refractivity contribution in [1.82, 2.24) is 0 Å². The molecular weight excluding hydrogens is 218 g/mol. The highest BCUT2D eigenvalue weighted by Gasteiger charge is 2.07. The van der Waals surface area contributed by atoms with Gasteiger partial charge >= 0.3 is 0 Å². The standard InChI is InChI=1S/C13H21NOS/c1-4-5-9-16-12-8-6-7-11(13(12)14)15-10(2)3/h6-8,10H,4-5,9,14H2,1-3H3. The maximum atomic E-state index is 6.07. The molecule has 0 saturated carbocycles. The zero-order valence-electron chi connectivity index (χ0n) is 10.3. The fourth-order valence-electron chi connectivity index (χ4n) is 1.33. The molecule has 0 atom stereocenters. The summed E-state index contributed by atoms with van der Waals surface area (Å²) in [6.07, 6.45) is 2.60. The molecule has 0 aliphatic heterocycles. The molecule has 1 rings (SSSR count). The Balaban J connectivity index is 2.70. The van der Waals surface area contributed by atoms with Crippen LogP contribution in [0.3, 0.4) is 0 Å². The van der Waals surface area contributed by atoms with Gasteiger partial charge in [-0.3, -0.25) is 0 Å². The van der Waals surface area contributed by atoms with Gasteiger partial charge in [-0.25, -0.2) is 0 Å². The number of anilines is 1. The Morgan fingerprint density at radius 1 is 1.38 bits per heavy atom. The van der Waals surface area contributed by atoms with Gasteiger partial charge in [0.15, 0.2) is 0 Å². The molecule has 0 saturated heterocycles. The van der Waals surface area contributed by atoms with Crippen molar-refractivity contribution in [3.8, 4) is 5.75 Å². The average Bonchev–Trinajstić information content (AvgIpc) is 2.23. The third-order valence-electron chi connectivity index (χ3n) is 2.14. The molecule has 90 valence electrons. The van der Waals surface area contributed by atoms with E-state index in [1.165, 1.54) is 12.8 Å². The number of rotatable bonds is 6. The number of para-hydroxylation sites is 1. The molecule has 0 bridgehead atoms. The number of nitrogen functional groups attached to an aromatic ring is 1. The highest BCUT2D eigenvalue weighted by Crippen LogP contribution is 2.33. The molecule has 0 heterocycles. The molecule has 1 aromatic rings. The van der Waals surface area contributed by atoms with Gasteiger partial charge in [-0.1, -0.05) is 19.4 Å². The molecule has 0 spiro atoms. The number of benzene rings is 1. The minimum atomic E-state index is 0.165. The summed E-state index contributed by atoms with van der Waals surface area (Å²) in [5.74, 6) is 1.92. The highest BCUT2D eigenvalue weighted by molar-refractivity contribution is 7.99. The Kier molecular flexibility index (Phi) is 5.53. The Morgan fingerprint density at radius 2 is 2.12 bits per heavy atom. The Bertz CT molecular complexity index is 326. The van der Waals surface area contributed by atoms with E-state index >= 15 is 0 Å². The topological polar surface area (TPSA) is 35.2 Å². The molecule has 0 amide bonds. The van der Waals surface area contributed by atoms with Crippen molar-refractivity contribution in [2.45, 2.75) is 44.6 Å². The van der Waals surface area contributed by atoms with Crippen LogP contribution in [-0.2, 0) is 0 Å².